The molecule has 0 unspecified atom stereocenters. The minimum Gasteiger partial charge on any atom is -0.450 e. The van der Waals surface area contributed by atoms with E-state index >= 15 is 0 Å². The van der Waals surface area contributed by atoms with Gasteiger partial charge in [-0.1, -0.05) is 12.1 Å². The minimum atomic E-state index is -1.23. The van der Waals surface area contributed by atoms with Crippen LogP contribution in [-0.2, 0) is 11.2 Å². The van der Waals surface area contributed by atoms with Gasteiger partial charge in [0.2, 0.25) is 0 Å². The molecule has 0 saturated carbocycles. The van der Waals surface area contributed by atoms with Crippen LogP contribution < -0.4 is 0 Å². The number of carbonyl (C=O) groups is 1. The Morgan fingerprint density at radius 3 is 2.81 bits per heavy atom. The Kier molecular flexibility index (Phi) is 5.32. The largest absolute Gasteiger partial charge is 0.505 e. The molecule has 0 aliphatic rings. The van der Waals surface area contributed by atoms with Crippen molar-refractivity contribution in [3.63, 3.8) is 0 Å². The summed E-state index contributed by atoms with van der Waals surface area (Å²) in [6.45, 7) is 0.235. The van der Waals surface area contributed by atoms with Crippen LogP contribution in [-0.4, -0.2) is 17.9 Å². The number of carboxylic acid groups (broad SMARTS) is 1. The molecule has 0 saturated heterocycles. The van der Waals surface area contributed by atoms with E-state index in [1.54, 1.807) is 6.07 Å². The van der Waals surface area contributed by atoms with E-state index in [4.69, 9.17) is 5.11 Å². The Balaban J connectivity index is 2.09. The molecule has 88 valence electrons. The standard InChI is InChI=1S/C12H15FO3/c13-11-7-4-6-10(9-11)5-2-1-3-8-16-12(14)15/h4,6-7,9H,1-3,5,8H2,(H,14,15). The fourth-order valence-corrected chi connectivity index (χ4v) is 1.46. The molecule has 0 aliphatic heterocycles. The van der Waals surface area contributed by atoms with Crippen LogP contribution >= 0.6 is 0 Å². The van der Waals surface area contributed by atoms with Crippen molar-refractivity contribution in [2.24, 2.45) is 0 Å². The molecule has 1 N–H and O–H groups in total. The van der Waals surface area contributed by atoms with E-state index in [0.29, 0.717) is 6.42 Å². The molecule has 0 fully saturated rings. The Morgan fingerprint density at radius 1 is 1.31 bits per heavy atom. The molecule has 3 nitrogen and oxygen atoms in total. The first kappa shape index (κ1) is 12.5. The van der Waals surface area contributed by atoms with Crippen LogP contribution in [0.4, 0.5) is 9.18 Å². The molecule has 0 aromatic heterocycles. The van der Waals surface area contributed by atoms with Gasteiger partial charge in [0.25, 0.3) is 0 Å². The Labute approximate surface area is 93.9 Å². The summed E-state index contributed by atoms with van der Waals surface area (Å²) >= 11 is 0. The van der Waals surface area contributed by atoms with Gasteiger partial charge in [-0.15, -0.1) is 0 Å². The third kappa shape index (κ3) is 5.34. The van der Waals surface area contributed by atoms with E-state index in [-0.39, 0.29) is 12.4 Å². The van der Waals surface area contributed by atoms with Gasteiger partial charge in [0.1, 0.15) is 5.82 Å². The van der Waals surface area contributed by atoms with E-state index in [1.165, 1.54) is 12.1 Å². The molecular formula is C12H15FO3. The van der Waals surface area contributed by atoms with Gasteiger partial charge in [-0.3, -0.25) is 0 Å². The highest BCUT2D eigenvalue weighted by atomic mass is 19.1. The Bertz CT molecular complexity index is 339. The number of rotatable bonds is 6. The van der Waals surface area contributed by atoms with Crippen LogP contribution in [0.5, 0.6) is 0 Å². The molecule has 1 rings (SSSR count). The highest BCUT2D eigenvalue weighted by molar-refractivity contribution is 5.56. The van der Waals surface area contributed by atoms with Crippen molar-refractivity contribution in [1.82, 2.24) is 0 Å². The fraction of sp³-hybridized carbons (Fsp3) is 0.417. The van der Waals surface area contributed by atoms with Crippen LogP contribution in [0.1, 0.15) is 24.8 Å². The first-order valence-corrected chi connectivity index (χ1v) is 5.28. The average molecular weight is 226 g/mol. The normalized spacial score (nSPS) is 10.1. The first-order valence-electron chi connectivity index (χ1n) is 5.28. The topological polar surface area (TPSA) is 46.5 Å². The van der Waals surface area contributed by atoms with Crippen molar-refractivity contribution < 1.29 is 19.0 Å². The molecule has 1 aromatic carbocycles. The predicted molar refractivity (Wildman–Crippen MR) is 57.9 cm³/mol. The highest BCUT2D eigenvalue weighted by Gasteiger charge is 1.97. The Hall–Kier alpha value is -1.58. The molecular weight excluding hydrogens is 211 g/mol. The second kappa shape index (κ2) is 6.82. The lowest BCUT2D eigenvalue weighted by Crippen LogP contribution is -2.01. The molecule has 0 bridgehead atoms. The zero-order chi connectivity index (χ0) is 11.8. The maximum absolute atomic E-state index is 12.8. The average Bonchev–Trinajstić information content (AvgIpc) is 2.23. The molecule has 4 heteroatoms. The monoisotopic (exact) mass is 226 g/mol. The fourth-order valence-electron chi connectivity index (χ4n) is 1.46. The van der Waals surface area contributed by atoms with Crippen LogP contribution in [0, 0.1) is 5.82 Å². The number of ether oxygens (including phenoxy) is 1. The quantitative estimate of drug-likeness (QED) is 0.598. The maximum atomic E-state index is 12.8. The number of halogens is 1. The third-order valence-corrected chi connectivity index (χ3v) is 2.22. The summed E-state index contributed by atoms with van der Waals surface area (Å²) in [5, 5.41) is 8.21. The van der Waals surface area contributed by atoms with E-state index in [0.717, 1.165) is 24.8 Å². The van der Waals surface area contributed by atoms with Crippen molar-refractivity contribution in [2.45, 2.75) is 25.7 Å². The number of benzene rings is 1. The molecule has 0 aliphatic carbocycles. The summed E-state index contributed by atoms with van der Waals surface area (Å²) in [7, 11) is 0. The molecule has 0 heterocycles. The molecule has 0 amide bonds. The lowest BCUT2D eigenvalue weighted by atomic mass is 10.1. The predicted octanol–water partition coefficient (Wildman–Crippen LogP) is 3.23. The second-order valence-electron chi connectivity index (χ2n) is 3.55. The minimum absolute atomic E-state index is 0.216. The third-order valence-electron chi connectivity index (χ3n) is 2.22. The zero-order valence-electron chi connectivity index (χ0n) is 8.99. The first-order chi connectivity index (χ1) is 7.68. The summed E-state index contributed by atoms with van der Waals surface area (Å²) in [5.74, 6) is -0.216. The van der Waals surface area contributed by atoms with Crippen molar-refractivity contribution in [2.75, 3.05) is 6.61 Å². The molecule has 16 heavy (non-hydrogen) atoms. The van der Waals surface area contributed by atoms with Crippen LogP contribution in [0.25, 0.3) is 0 Å². The van der Waals surface area contributed by atoms with Gasteiger partial charge in [-0.2, -0.15) is 0 Å². The van der Waals surface area contributed by atoms with E-state index in [1.807, 2.05) is 6.07 Å². The van der Waals surface area contributed by atoms with Gasteiger partial charge in [0.15, 0.2) is 0 Å². The van der Waals surface area contributed by atoms with Crippen LogP contribution in [0.2, 0.25) is 0 Å². The SMILES string of the molecule is O=C(O)OCCCCCc1cccc(F)c1. The number of hydrogen-bond acceptors (Lipinski definition) is 2. The van der Waals surface area contributed by atoms with Crippen LogP contribution in [0.15, 0.2) is 24.3 Å². The van der Waals surface area contributed by atoms with E-state index < -0.39 is 6.16 Å². The van der Waals surface area contributed by atoms with Crippen molar-refractivity contribution in [3.8, 4) is 0 Å². The summed E-state index contributed by atoms with van der Waals surface area (Å²) in [5.41, 5.74) is 0.971. The van der Waals surface area contributed by atoms with E-state index in [2.05, 4.69) is 4.74 Å². The molecule has 0 spiro atoms. The van der Waals surface area contributed by atoms with Gasteiger partial charge >= 0.3 is 6.16 Å². The maximum Gasteiger partial charge on any atom is 0.505 e. The summed E-state index contributed by atoms with van der Waals surface area (Å²) in [6.07, 6.45) is 2.08. The lowest BCUT2D eigenvalue weighted by molar-refractivity contribution is 0.0900. The molecule has 0 radical (unpaired) electrons. The summed E-state index contributed by atoms with van der Waals surface area (Å²) < 4.78 is 17.2. The summed E-state index contributed by atoms with van der Waals surface area (Å²) in [4.78, 5) is 10.0. The van der Waals surface area contributed by atoms with Gasteiger partial charge < -0.3 is 9.84 Å². The van der Waals surface area contributed by atoms with Crippen molar-refractivity contribution in [1.29, 1.82) is 0 Å². The zero-order valence-corrected chi connectivity index (χ0v) is 8.99. The van der Waals surface area contributed by atoms with Crippen molar-refractivity contribution in [3.05, 3.63) is 35.6 Å². The number of aryl methyl sites for hydroxylation is 1. The van der Waals surface area contributed by atoms with Gasteiger partial charge in [0, 0.05) is 0 Å². The van der Waals surface area contributed by atoms with Crippen LogP contribution in [0.3, 0.4) is 0 Å². The summed E-state index contributed by atoms with van der Waals surface area (Å²) in [6, 6.07) is 6.52. The number of unbranched alkanes of at least 4 members (excludes halogenated alkanes) is 2. The highest BCUT2D eigenvalue weighted by Crippen LogP contribution is 2.08. The molecule has 0 atom stereocenters. The van der Waals surface area contributed by atoms with Gasteiger partial charge in [0.05, 0.1) is 6.61 Å². The van der Waals surface area contributed by atoms with Gasteiger partial charge in [-0.05, 0) is 43.4 Å². The smallest absolute Gasteiger partial charge is 0.450 e. The second-order valence-corrected chi connectivity index (χ2v) is 3.55. The molecule has 1 aromatic rings. The number of hydrogen-bond donors (Lipinski definition) is 1. The lowest BCUT2D eigenvalue weighted by Gasteiger charge is -2.02. The Morgan fingerprint density at radius 2 is 2.12 bits per heavy atom. The van der Waals surface area contributed by atoms with Crippen molar-refractivity contribution >= 4 is 6.16 Å². The van der Waals surface area contributed by atoms with E-state index in [9.17, 15) is 9.18 Å². The van der Waals surface area contributed by atoms with Gasteiger partial charge in [-0.25, -0.2) is 9.18 Å².